The quantitative estimate of drug-likeness (QED) is 0.171. The Morgan fingerprint density at radius 1 is 1.09 bits per heavy atom. The van der Waals surface area contributed by atoms with E-state index in [1.165, 1.54) is 30.7 Å². The molecule has 1 aliphatic carbocycles. The Labute approximate surface area is 275 Å². The van der Waals surface area contributed by atoms with Crippen molar-refractivity contribution in [3.05, 3.63) is 88.6 Å². The van der Waals surface area contributed by atoms with Crippen LogP contribution in [0.2, 0.25) is 18.1 Å². The number of ether oxygens (including phenoxy) is 1. The molecule has 1 aliphatic rings. The fraction of sp³-hybridized carbons (Fsp3) is 0.387. The average Bonchev–Trinajstić information content (AvgIpc) is 3.74. The maximum atomic E-state index is 15.4. The summed E-state index contributed by atoms with van der Waals surface area (Å²) in [7, 11) is -3.64. The molecule has 2 aromatic heterocycles. The van der Waals surface area contributed by atoms with Gasteiger partial charge < -0.3 is 4.74 Å². The van der Waals surface area contributed by atoms with E-state index in [9.17, 15) is 18.6 Å². The van der Waals surface area contributed by atoms with Gasteiger partial charge >= 0.3 is 5.69 Å². The van der Waals surface area contributed by atoms with Gasteiger partial charge in [-0.05, 0) is 90.8 Å². The maximum absolute atomic E-state index is 15.4. The molecule has 240 valence electrons. The Morgan fingerprint density at radius 2 is 1.76 bits per heavy atom. The Kier molecular flexibility index (Phi) is 8.49. The number of anilines is 1. The van der Waals surface area contributed by atoms with Crippen molar-refractivity contribution in [1.29, 1.82) is 0 Å². The van der Waals surface area contributed by atoms with E-state index in [2.05, 4.69) is 38.6 Å². The smallest absolute Gasteiger partial charge is 0.337 e. The van der Waals surface area contributed by atoms with Gasteiger partial charge in [0, 0.05) is 29.0 Å². The summed E-state index contributed by atoms with van der Waals surface area (Å²) in [6.07, 6.45) is 2.81. The number of halogens is 2. The maximum Gasteiger partial charge on any atom is 0.337 e. The molecule has 14 heteroatoms. The van der Waals surface area contributed by atoms with Gasteiger partial charge in [-0.15, -0.1) is 0 Å². The number of nitrogens with zero attached hydrogens (tertiary/aromatic N) is 4. The van der Waals surface area contributed by atoms with Gasteiger partial charge in [0.25, 0.3) is 11.1 Å². The molecule has 5 rings (SSSR count). The highest BCUT2D eigenvalue weighted by atomic mass is 127. The summed E-state index contributed by atoms with van der Waals surface area (Å²) in [5.74, 6) is -0.449. The summed E-state index contributed by atoms with van der Waals surface area (Å²) in [5.41, 5.74) is -1.41. The van der Waals surface area contributed by atoms with Crippen LogP contribution < -0.4 is 26.3 Å². The second-order valence-corrected chi connectivity index (χ2v) is 21.5. The zero-order valence-electron chi connectivity index (χ0n) is 26.5. The number of pyridine rings is 1. The van der Waals surface area contributed by atoms with Crippen LogP contribution in [0, 0.1) is 16.3 Å². The lowest BCUT2D eigenvalue weighted by Gasteiger charge is -2.33. The lowest BCUT2D eigenvalue weighted by Crippen LogP contribution is -2.41. The highest BCUT2D eigenvalue weighted by molar-refractivity contribution is 14.1. The molecule has 0 saturated heterocycles. The van der Waals surface area contributed by atoms with Gasteiger partial charge in [0.1, 0.15) is 32.5 Å². The molecule has 1 N–H and O–H groups in total. The molecule has 2 aromatic carbocycles. The van der Waals surface area contributed by atoms with Crippen LogP contribution in [-0.2, 0) is 17.0 Å². The van der Waals surface area contributed by atoms with E-state index in [1.807, 2.05) is 22.6 Å². The summed E-state index contributed by atoms with van der Waals surface area (Å²) in [5, 5.41) is -0.129. The van der Waals surface area contributed by atoms with Crippen LogP contribution in [0.15, 0.2) is 60.9 Å². The Balaban J connectivity index is 1.72. The van der Waals surface area contributed by atoms with E-state index >= 15 is 4.39 Å². The van der Waals surface area contributed by atoms with Crippen LogP contribution >= 0.6 is 22.6 Å². The van der Waals surface area contributed by atoms with Crippen LogP contribution in [0.5, 0.6) is 11.5 Å². The fourth-order valence-electron chi connectivity index (χ4n) is 4.98. The third kappa shape index (κ3) is 6.28. The van der Waals surface area contributed by atoms with E-state index in [-0.39, 0.29) is 44.9 Å². The summed E-state index contributed by atoms with van der Waals surface area (Å²) < 4.78 is 47.1. The molecule has 1 atom stereocenters. The van der Waals surface area contributed by atoms with Crippen molar-refractivity contribution in [1.82, 2.24) is 13.7 Å². The monoisotopic (exact) mass is 765 g/mol. The summed E-state index contributed by atoms with van der Waals surface area (Å²) in [6.45, 7) is 11.9. The van der Waals surface area contributed by atoms with Gasteiger partial charge in [-0.25, -0.2) is 18.0 Å². The highest BCUT2D eigenvalue weighted by Gasteiger charge is 2.37. The van der Waals surface area contributed by atoms with Crippen LogP contribution in [0.4, 0.5) is 10.1 Å². The van der Waals surface area contributed by atoms with Crippen LogP contribution in [0.25, 0.3) is 16.7 Å². The number of fused-ring (bicyclic) bond motifs is 1. The molecule has 45 heavy (non-hydrogen) atoms. The molecule has 10 nitrogen and oxygen atoms in total. The van der Waals surface area contributed by atoms with Gasteiger partial charge in [0.2, 0.25) is 0 Å². The number of aromatic nitrogens is 3. The van der Waals surface area contributed by atoms with Crippen molar-refractivity contribution in [2.45, 2.75) is 64.7 Å². The lowest BCUT2D eigenvalue weighted by atomic mass is 10.2. The third-order valence-electron chi connectivity index (χ3n) is 8.44. The minimum Gasteiger partial charge on any atom is -0.456 e. The van der Waals surface area contributed by atoms with E-state index < -0.39 is 40.8 Å². The van der Waals surface area contributed by atoms with Gasteiger partial charge in [-0.2, -0.15) is 0 Å². The lowest BCUT2D eigenvalue weighted by molar-refractivity contribution is 0.480. The summed E-state index contributed by atoms with van der Waals surface area (Å²) in [4.78, 5) is 41.4. The fourth-order valence-corrected chi connectivity index (χ4v) is 10.8. The van der Waals surface area contributed by atoms with Crippen LogP contribution in [-0.4, -0.2) is 32.4 Å². The van der Waals surface area contributed by atoms with Crippen molar-refractivity contribution in [2.75, 3.05) is 11.0 Å². The minimum absolute atomic E-state index is 0.0235. The molecule has 0 aliphatic heterocycles. The van der Waals surface area contributed by atoms with Crippen molar-refractivity contribution in [2.24, 2.45) is 11.1 Å². The topological polar surface area (TPSA) is 117 Å². The van der Waals surface area contributed by atoms with Crippen molar-refractivity contribution in [3.63, 3.8) is 0 Å². The van der Waals surface area contributed by atoms with E-state index in [0.717, 1.165) is 9.13 Å². The first-order valence-electron chi connectivity index (χ1n) is 14.5. The second-order valence-electron chi connectivity index (χ2n) is 13.1. The van der Waals surface area contributed by atoms with Gasteiger partial charge in [-0.3, -0.25) is 27.5 Å². The van der Waals surface area contributed by atoms with E-state index in [4.69, 9.17) is 8.77 Å². The molecule has 0 radical (unpaired) electrons. The minimum atomic E-state index is -2.83. The summed E-state index contributed by atoms with van der Waals surface area (Å²) >= 11 is 1.97. The molecule has 2 heterocycles. The molecule has 1 unspecified atom stereocenters. The standard InChI is InChI=1S/C31H37FIN5O5SSi/c1-18-26(43-22-11-9-10-20(17-22)34-44(6,42)35-45(7,8)31(2,3)4)25-27(36(5)28(18)39)38(24-15-12-19(33)16-23(24)32)30(41)37(29(25)40)21-13-14-21/h9-12,15-17,21H,13-14H2,1-8H3,(H,34,35,42). The number of hydrogen-bond donors (Lipinski definition) is 1. The normalized spacial score (nSPS) is 15.2. The van der Waals surface area contributed by atoms with Crippen LogP contribution in [0.3, 0.4) is 0 Å². The van der Waals surface area contributed by atoms with Crippen molar-refractivity contribution < 1.29 is 13.3 Å². The van der Waals surface area contributed by atoms with E-state index in [0.29, 0.717) is 22.1 Å². The van der Waals surface area contributed by atoms with Crippen molar-refractivity contribution in [3.8, 4) is 17.2 Å². The average molecular weight is 766 g/mol. The molecule has 0 spiro atoms. The zero-order valence-corrected chi connectivity index (χ0v) is 30.5. The Hall–Kier alpha value is -3.24. The van der Waals surface area contributed by atoms with Gasteiger partial charge in [-0.1, -0.05) is 26.8 Å². The third-order valence-corrected chi connectivity index (χ3v) is 16.6. The first-order chi connectivity index (χ1) is 20.8. The number of hydrogen-bond acceptors (Lipinski definition) is 6. The molecule has 0 amide bonds. The SMILES string of the molecule is Cc1c(Oc2cccc(NS(C)(=O)=N[Si](C)(C)C(C)(C)C)c2)c2c(=O)n(C3CC3)c(=O)n(-c3ccc(I)cc3F)c2n(C)c1=O. The molecular formula is C31H37FIN5O5SSi. The van der Waals surface area contributed by atoms with Crippen molar-refractivity contribution >= 4 is 57.5 Å². The number of benzene rings is 2. The predicted molar refractivity (Wildman–Crippen MR) is 189 cm³/mol. The molecule has 0 bridgehead atoms. The van der Waals surface area contributed by atoms with Gasteiger partial charge in [0.05, 0.1) is 16.9 Å². The predicted octanol–water partition coefficient (Wildman–Crippen LogP) is 6.46. The number of aryl methyl sites for hydroxylation is 1. The first kappa shape index (κ1) is 33.1. The first-order valence-corrected chi connectivity index (χ1v) is 20.4. The molecule has 4 aromatic rings. The number of nitrogens with one attached hydrogen (secondary N) is 1. The second kappa shape index (κ2) is 11.5. The van der Waals surface area contributed by atoms with E-state index in [1.54, 1.807) is 36.6 Å². The van der Waals surface area contributed by atoms with Gasteiger partial charge in [0.15, 0.2) is 14.0 Å². The Morgan fingerprint density at radius 3 is 2.36 bits per heavy atom. The van der Waals surface area contributed by atoms with Crippen LogP contribution in [0.1, 0.15) is 45.2 Å². The largest absolute Gasteiger partial charge is 0.456 e. The Bertz CT molecular complexity index is 2170. The molecular weight excluding hydrogens is 728 g/mol. The molecule has 1 saturated carbocycles. The molecule has 1 fully saturated rings. The zero-order chi connectivity index (χ0) is 33.2. The highest BCUT2D eigenvalue weighted by Crippen LogP contribution is 2.38. The summed E-state index contributed by atoms with van der Waals surface area (Å²) in [6, 6.07) is 10.7. The number of rotatable bonds is 7.